The highest BCUT2D eigenvalue weighted by Crippen LogP contribution is 2.26. The number of allylic oxidation sites excluding steroid dienone is 1. The SMILES string of the molecule is Cc1c(CC(F)=CCNC(=O)OC(C)(C)C)c(C(=O)O)nn1Cc1ccc(S(=O)(=O)N(C)C)c(Cl)c1. The average Bonchev–Trinajstić information content (AvgIpc) is 3.02. The van der Waals surface area contributed by atoms with Gasteiger partial charge in [-0.05, 0) is 51.5 Å². The number of benzene rings is 1. The second-order valence-electron chi connectivity index (χ2n) is 9.14. The molecular formula is C23H30ClFN4O6S. The molecule has 0 fully saturated rings. The summed E-state index contributed by atoms with van der Waals surface area (Å²) < 4.78 is 46.8. The van der Waals surface area contributed by atoms with Gasteiger partial charge in [-0.25, -0.2) is 26.7 Å². The van der Waals surface area contributed by atoms with Gasteiger partial charge in [0.05, 0.1) is 11.6 Å². The number of amides is 1. The zero-order valence-corrected chi connectivity index (χ0v) is 22.5. The highest BCUT2D eigenvalue weighted by Gasteiger charge is 2.23. The average molecular weight is 545 g/mol. The summed E-state index contributed by atoms with van der Waals surface area (Å²) in [6.45, 7) is 6.64. The Hall–Kier alpha value is -2.96. The number of aromatic nitrogens is 2. The molecule has 198 valence electrons. The minimum atomic E-state index is -3.74. The third kappa shape index (κ3) is 7.52. The smallest absolute Gasteiger partial charge is 0.407 e. The number of aromatic carboxylic acids is 1. The molecule has 1 aromatic carbocycles. The van der Waals surface area contributed by atoms with Crippen LogP contribution in [0.2, 0.25) is 5.02 Å². The Morgan fingerprint density at radius 2 is 1.94 bits per heavy atom. The lowest BCUT2D eigenvalue weighted by Gasteiger charge is -2.19. The molecule has 0 bridgehead atoms. The van der Waals surface area contributed by atoms with Gasteiger partial charge in [0.25, 0.3) is 0 Å². The topological polar surface area (TPSA) is 131 Å². The van der Waals surface area contributed by atoms with Gasteiger partial charge in [0.2, 0.25) is 10.0 Å². The number of hydrogen-bond acceptors (Lipinski definition) is 6. The number of sulfonamides is 1. The first-order chi connectivity index (χ1) is 16.5. The Balaban J connectivity index is 2.23. The first-order valence-electron chi connectivity index (χ1n) is 10.8. The Morgan fingerprint density at radius 1 is 1.31 bits per heavy atom. The van der Waals surface area contributed by atoms with Crippen molar-refractivity contribution in [1.82, 2.24) is 19.4 Å². The van der Waals surface area contributed by atoms with Crippen LogP contribution in [0.1, 0.15) is 48.1 Å². The van der Waals surface area contributed by atoms with Crippen LogP contribution < -0.4 is 5.32 Å². The van der Waals surface area contributed by atoms with Gasteiger partial charge in [0.1, 0.15) is 16.3 Å². The van der Waals surface area contributed by atoms with E-state index in [9.17, 15) is 27.5 Å². The number of carboxylic acids is 1. The lowest BCUT2D eigenvalue weighted by Crippen LogP contribution is -2.32. The number of ether oxygens (including phenoxy) is 1. The van der Waals surface area contributed by atoms with E-state index in [1.165, 1.54) is 30.9 Å². The van der Waals surface area contributed by atoms with E-state index in [0.717, 1.165) is 10.4 Å². The van der Waals surface area contributed by atoms with Gasteiger partial charge in [0.15, 0.2) is 5.69 Å². The van der Waals surface area contributed by atoms with Crippen LogP contribution >= 0.6 is 11.6 Å². The Morgan fingerprint density at radius 3 is 2.47 bits per heavy atom. The molecule has 36 heavy (non-hydrogen) atoms. The van der Waals surface area contributed by atoms with Crippen LogP contribution in [-0.2, 0) is 27.7 Å². The van der Waals surface area contributed by atoms with Crippen molar-refractivity contribution in [3.63, 3.8) is 0 Å². The lowest BCUT2D eigenvalue weighted by molar-refractivity contribution is 0.0533. The molecule has 0 aliphatic rings. The maximum atomic E-state index is 14.6. The fraction of sp³-hybridized carbons (Fsp3) is 0.435. The van der Waals surface area contributed by atoms with Crippen LogP contribution in [0.4, 0.5) is 9.18 Å². The molecule has 0 radical (unpaired) electrons. The molecule has 0 saturated carbocycles. The van der Waals surface area contributed by atoms with Gasteiger partial charge in [-0.3, -0.25) is 4.68 Å². The number of hydrogen-bond donors (Lipinski definition) is 2. The van der Waals surface area contributed by atoms with Gasteiger partial charge in [-0.15, -0.1) is 0 Å². The molecule has 0 atom stereocenters. The van der Waals surface area contributed by atoms with Crippen LogP contribution in [0.25, 0.3) is 0 Å². The van der Waals surface area contributed by atoms with Gasteiger partial charge < -0.3 is 15.2 Å². The molecule has 1 aromatic heterocycles. The van der Waals surface area contributed by atoms with E-state index in [-0.39, 0.29) is 40.7 Å². The standard InChI is InChI=1S/C23H30ClFN4O6S/c1-14-17(12-16(25)9-10-26-22(32)35-23(2,3)4)20(21(30)31)27-29(14)13-15-7-8-19(18(24)11-15)36(33,34)28(5)6/h7-9,11H,10,12-13H2,1-6H3,(H,26,32)(H,30,31). The van der Waals surface area contributed by atoms with Crippen molar-refractivity contribution < 1.29 is 32.2 Å². The summed E-state index contributed by atoms with van der Waals surface area (Å²) in [7, 11) is -0.952. The number of carbonyl (C=O) groups is 2. The van der Waals surface area contributed by atoms with Crippen molar-refractivity contribution in [3.8, 4) is 0 Å². The van der Waals surface area contributed by atoms with Crippen LogP contribution in [0.3, 0.4) is 0 Å². The molecule has 0 aliphatic carbocycles. The van der Waals surface area contributed by atoms with E-state index < -0.39 is 33.5 Å². The number of nitrogens with one attached hydrogen (secondary N) is 1. The molecule has 2 N–H and O–H groups in total. The van der Waals surface area contributed by atoms with Crippen molar-refractivity contribution >= 4 is 33.7 Å². The summed E-state index contributed by atoms with van der Waals surface area (Å²) in [4.78, 5) is 23.4. The second-order valence-corrected chi connectivity index (χ2v) is 11.7. The minimum absolute atomic E-state index is 0.0103. The third-order valence-corrected chi connectivity index (χ3v) is 7.23. The molecule has 10 nitrogen and oxygen atoms in total. The van der Waals surface area contributed by atoms with Gasteiger partial charge in [-0.2, -0.15) is 5.10 Å². The summed E-state index contributed by atoms with van der Waals surface area (Å²) in [5.74, 6) is -1.98. The zero-order valence-electron chi connectivity index (χ0n) is 20.9. The molecule has 2 rings (SSSR count). The largest absolute Gasteiger partial charge is 0.476 e. The van der Waals surface area contributed by atoms with E-state index in [1.54, 1.807) is 33.8 Å². The van der Waals surface area contributed by atoms with Gasteiger partial charge in [0, 0.05) is 38.3 Å². The summed E-state index contributed by atoms with van der Waals surface area (Å²) in [6, 6.07) is 4.37. The first-order valence-corrected chi connectivity index (χ1v) is 12.7. The summed E-state index contributed by atoms with van der Waals surface area (Å²) in [5.41, 5.74) is 0.154. The number of nitrogens with zero attached hydrogens (tertiary/aromatic N) is 3. The molecule has 0 aliphatic heterocycles. The maximum absolute atomic E-state index is 14.6. The fourth-order valence-corrected chi connectivity index (χ4v) is 4.58. The molecule has 13 heteroatoms. The summed E-state index contributed by atoms with van der Waals surface area (Å²) in [6.07, 6.45) is 0.0742. The van der Waals surface area contributed by atoms with Crippen LogP contribution in [0.15, 0.2) is 35.0 Å². The first kappa shape index (κ1) is 29.3. The van der Waals surface area contributed by atoms with Crippen LogP contribution in [0, 0.1) is 6.92 Å². The third-order valence-electron chi connectivity index (χ3n) is 4.93. The quantitative estimate of drug-likeness (QED) is 0.491. The van der Waals surface area contributed by atoms with Crippen molar-refractivity contribution in [2.24, 2.45) is 0 Å². The number of rotatable bonds is 9. The predicted molar refractivity (Wildman–Crippen MR) is 132 cm³/mol. The molecule has 0 unspecified atom stereocenters. The number of carbonyl (C=O) groups excluding carboxylic acids is 1. The summed E-state index contributed by atoms with van der Waals surface area (Å²) >= 11 is 6.20. The molecule has 1 heterocycles. The molecule has 1 amide bonds. The van der Waals surface area contributed by atoms with E-state index in [4.69, 9.17) is 16.3 Å². The lowest BCUT2D eigenvalue weighted by atomic mass is 10.1. The van der Waals surface area contributed by atoms with Crippen LogP contribution in [0.5, 0.6) is 0 Å². The Bertz CT molecular complexity index is 1280. The minimum Gasteiger partial charge on any atom is -0.476 e. The predicted octanol–water partition coefficient (Wildman–Crippen LogP) is 3.76. The van der Waals surface area contributed by atoms with Crippen molar-refractivity contribution in [3.05, 3.63) is 57.6 Å². The highest BCUT2D eigenvalue weighted by molar-refractivity contribution is 7.89. The van der Waals surface area contributed by atoms with Crippen molar-refractivity contribution in [2.75, 3.05) is 20.6 Å². The number of carboxylic acid groups (broad SMARTS) is 1. The second kappa shape index (κ2) is 11.4. The van der Waals surface area contributed by atoms with Crippen molar-refractivity contribution in [1.29, 1.82) is 0 Å². The van der Waals surface area contributed by atoms with Crippen LogP contribution in [-0.4, -0.2) is 65.9 Å². The fourth-order valence-electron chi connectivity index (χ4n) is 3.14. The molecule has 2 aromatic rings. The van der Waals surface area contributed by atoms with Gasteiger partial charge >= 0.3 is 12.1 Å². The molecule has 0 saturated heterocycles. The Labute approximate surface area is 214 Å². The van der Waals surface area contributed by atoms with E-state index >= 15 is 0 Å². The zero-order chi connectivity index (χ0) is 27.4. The number of alkyl carbamates (subject to hydrolysis) is 1. The molecular weight excluding hydrogens is 515 g/mol. The highest BCUT2D eigenvalue weighted by atomic mass is 35.5. The summed E-state index contributed by atoms with van der Waals surface area (Å²) in [5, 5.41) is 16.1. The Kier molecular flexibility index (Phi) is 9.27. The van der Waals surface area contributed by atoms with E-state index in [1.807, 2.05) is 0 Å². The maximum Gasteiger partial charge on any atom is 0.407 e. The van der Waals surface area contributed by atoms with Gasteiger partial charge in [-0.1, -0.05) is 17.7 Å². The molecule has 0 spiro atoms. The van der Waals surface area contributed by atoms with E-state index in [2.05, 4.69) is 10.4 Å². The normalized spacial score (nSPS) is 12.6. The number of halogens is 2. The van der Waals surface area contributed by atoms with Crippen molar-refractivity contribution in [2.45, 2.75) is 51.2 Å². The van der Waals surface area contributed by atoms with E-state index in [0.29, 0.717) is 11.3 Å². The monoisotopic (exact) mass is 544 g/mol.